The quantitative estimate of drug-likeness (QED) is 0.201. The van der Waals surface area contributed by atoms with Crippen LogP contribution in [0.2, 0.25) is 25.7 Å². The number of nitrogens with one attached hydrogen (secondary N) is 1. The lowest BCUT2D eigenvalue weighted by Crippen LogP contribution is -2.62. The molecule has 0 atom stereocenters. The molecule has 4 amide bonds. The van der Waals surface area contributed by atoms with E-state index in [2.05, 4.69) is 25.0 Å². The molecule has 41 heavy (non-hydrogen) atoms. The van der Waals surface area contributed by atoms with E-state index in [1.807, 2.05) is 56.0 Å². The summed E-state index contributed by atoms with van der Waals surface area (Å²) >= 11 is 0. The summed E-state index contributed by atoms with van der Waals surface area (Å²) in [6.07, 6.45) is 3.93. The summed E-state index contributed by atoms with van der Waals surface area (Å²) in [5.41, 5.74) is -0.298. The van der Waals surface area contributed by atoms with Crippen molar-refractivity contribution in [3.63, 3.8) is 0 Å². The topological polar surface area (TPSA) is 97.4 Å². The average Bonchev–Trinajstić information content (AvgIpc) is 3.06. The van der Waals surface area contributed by atoms with Crippen LogP contribution in [0.4, 0.5) is 9.59 Å². The first kappa shape index (κ1) is 31.5. The summed E-state index contributed by atoms with van der Waals surface area (Å²) in [5.74, 6) is 0.104. The first-order valence-electron chi connectivity index (χ1n) is 15.1. The molecule has 0 bridgehead atoms. The van der Waals surface area contributed by atoms with Crippen LogP contribution in [0.3, 0.4) is 0 Å². The largest absolute Gasteiger partial charge is 0.444 e. The lowest BCUT2D eigenvalue weighted by molar-refractivity contribution is -0.152. The standard InChI is InChI=1S/C31H49N3O6Si/c1-30(2,3)40-28(36)32-25-14-12-23(13-15-25)20-34-29(37)33(22-38-16-17-41(4,5)6)27(35)31(34)18-26(19-31)39-21-24-10-8-7-9-11-24/h7-11,23,25-26H,12-22H2,1-6H3,(H,32,36). The predicted molar refractivity (Wildman–Crippen MR) is 160 cm³/mol. The van der Waals surface area contributed by atoms with Gasteiger partial charge in [-0.3, -0.25) is 4.79 Å². The number of carbonyl (C=O) groups is 3. The van der Waals surface area contributed by atoms with Crippen LogP contribution >= 0.6 is 0 Å². The molecule has 1 aliphatic heterocycles. The van der Waals surface area contributed by atoms with E-state index in [0.29, 0.717) is 32.6 Å². The van der Waals surface area contributed by atoms with Crippen molar-refractivity contribution in [1.82, 2.24) is 15.1 Å². The number of carbonyl (C=O) groups excluding carboxylic acids is 3. The first-order valence-corrected chi connectivity index (χ1v) is 18.8. The van der Waals surface area contributed by atoms with Crippen LogP contribution in [0.5, 0.6) is 0 Å². The molecule has 3 aliphatic rings. The molecule has 1 aromatic carbocycles. The zero-order valence-corrected chi connectivity index (χ0v) is 26.7. The van der Waals surface area contributed by atoms with Crippen molar-refractivity contribution in [3.8, 4) is 0 Å². The van der Waals surface area contributed by atoms with Crippen molar-refractivity contribution in [2.24, 2.45) is 5.92 Å². The van der Waals surface area contributed by atoms with Crippen molar-refractivity contribution in [3.05, 3.63) is 35.9 Å². The molecule has 0 aromatic heterocycles. The number of amides is 4. The fraction of sp³-hybridized carbons (Fsp3) is 0.710. The van der Waals surface area contributed by atoms with Gasteiger partial charge in [0.1, 0.15) is 17.9 Å². The van der Waals surface area contributed by atoms with Crippen LogP contribution in [-0.2, 0) is 25.6 Å². The van der Waals surface area contributed by atoms with Crippen molar-refractivity contribution >= 4 is 26.1 Å². The van der Waals surface area contributed by atoms with Crippen molar-refractivity contribution in [2.75, 3.05) is 19.9 Å². The zero-order chi connectivity index (χ0) is 29.8. The summed E-state index contributed by atoms with van der Waals surface area (Å²) in [5, 5.41) is 2.99. The van der Waals surface area contributed by atoms with Gasteiger partial charge < -0.3 is 24.4 Å². The summed E-state index contributed by atoms with van der Waals surface area (Å²) in [7, 11) is -1.28. The Morgan fingerprint density at radius 1 is 1.05 bits per heavy atom. The van der Waals surface area contributed by atoms with Gasteiger partial charge in [0.25, 0.3) is 5.91 Å². The number of imide groups is 1. The molecule has 0 unspecified atom stereocenters. The maximum Gasteiger partial charge on any atom is 0.407 e. The molecule has 1 aromatic rings. The second kappa shape index (κ2) is 12.8. The van der Waals surface area contributed by atoms with Gasteiger partial charge in [-0.1, -0.05) is 50.0 Å². The maximum atomic E-state index is 13.7. The number of ether oxygens (including phenoxy) is 3. The Bertz CT molecular complexity index is 1060. The zero-order valence-electron chi connectivity index (χ0n) is 25.7. The molecule has 2 saturated carbocycles. The van der Waals surface area contributed by atoms with E-state index in [4.69, 9.17) is 14.2 Å². The van der Waals surface area contributed by atoms with E-state index in [9.17, 15) is 14.4 Å². The third kappa shape index (κ3) is 8.32. The molecule has 1 heterocycles. The maximum absolute atomic E-state index is 13.7. The van der Waals surface area contributed by atoms with Crippen LogP contribution in [0.15, 0.2) is 30.3 Å². The average molecular weight is 588 g/mol. The Balaban J connectivity index is 1.36. The van der Waals surface area contributed by atoms with Gasteiger partial charge >= 0.3 is 12.1 Å². The highest BCUT2D eigenvalue weighted by molar-refractivity contribution is 6.76. The fourth-order valence-electron chi connectivity index (χ4n) is 5.90. The van der Waals surface area contributed by atoms with Gasteiger partial charge in [0.15, 0.2) is 0 Å². The number of hydrogen-bond donors (Lipinski definition) is 1. The summed E-state index contributed by atoms with van der Waals surface area (Å²) in [4.78, 5) is 42.8. The number of urea groups is 1. The minimum atomic E-state index is -1.28. The van der Waals surface area contributed by atoms with E-state index in [-0.39, 0.29) is 42.8 Å². The molecule has 1 saturated heterocycles. The normalized spacial score (nSPS) is 26.8. The molecular formula is C31H49N3O6Si. The van der Waals surface area contributed by atoms with E-state index < -0.39 is 19.2 Å². The third-order valence-corrected chi connectivity index (χ3v) is 10.0. The number of hydrogen-bond acceptors (Lipinski definition) is 6. The Hall–Kier alpha value is -2.43. The Morgan fingerprint density at radius 2 is 1.71 bits per heavy atom. The lowest BCUT2D eigenvalue weighted by Gasteiger charge is -2.48. The van der Waals surface area contributed by atoms with Gasteiger partial charge in [-0.2, -0.15) is 0 Å². The Kier molecular flexibility index (Phi) is 9.86. The lowest BCUT2D eigenvalue weighted by atomic mass is 9.72. The fourth-order valence-corrected chi connectivity index (χ4v) is 6.66. The summed E-state index contributed by atoms with van der Waals surface area (Å²) < 4.78 is 17.4. The molecule has 2 aliphatic carbocycles. The molecule has 10 heteroatoms. The molecule has 1 spiro atoms. The Labute approximate surface area is 246 Å². The highest BCUT2D eigenvalue weighted by atomic mass is 28.3. The molecule has 0 radical (unpaired) electrons. The van der Waals surface area contributed by atoms with Crippen LogP contribution in [-0.4, -0.2) is 79.1 Å². The number of nitrogens with zero attached hydrogens (tertiary/aromatic N) is 2. The highest BCUT2D eigenvalue weighted by Gasteiger charge is 2.64. The summed E-state index contributed by atoms with van der Waals surface area (Å²) in [6.45, 7) is 14.0. The monoisotopic (exact) mass is 587 g/mol. The van der Waals surface area contributed by atoms with Crippen LogP contribution < -0.4 is 5.32 Å². The van der Waals surface area contributed by atoms with E-state index in [1.165, 1.54) is 4.90 Å². The second-order valence-electron chi connectivity index (χ2n) is 14.2. The number of rotatable bonds is 11. The molecule has 228 valence electrons. The van der Waals surface area contributed by atoms with Gasteiger partial charge in [-0.15, -0.1) is 0 Å². The molecule has 9 nitrogen and oxygen atoms in total. The number of benzene rings is 1. The SMILES string of the molecule is CC(C)(C)OC(=O)NC1CCC(CN2C(=O)N(COCC[Si](C)(C)C)C(=O)C23CC(OCc2ccccc2)C3)CC1. The van der Waals surface area contributed by atoms with E-state index in [0.717, 1.165) is 37.3 Å². The van der Waals surface area contributed by atoms with Gasteiger partial charge in [0.2, 0.25) is 0 Å². The molecule has 4 rings (SSSR count). The van der Waals surface area contributed by atoms with Gasteiger partial charge in [0.05, 0.1) is 12.7 Å². The van der Waals surface area contributed by atoms with Crippen molar-refractivity contribution < 1.29 is 28.6 Å². The van der Waals surface area contributed by atoms with Crippen molar-refractivity contribution in [1.29, 1.82) is 0 Å². The van der Waals surface area contributed by atoms with Crippen LogP contribution in [0.25, 0.3) is 0 Å². The minimum Gasteiger partial charge on any atom is -0.444 e. The Morgan fingerprint density at radius 3 is 2.32 bits per heavy atom. The molecule has 3 fully saturated rings. The highest BCUT2D eigenvalue weighted by Crippen LogP contribution is 2.47. The van der Waals surface area contributed by atoms with Crippen LogP contribution in [0, 0.1) is 5.92 Å². The van der Waals surface area contributed by atoms with Gasteiger partial charge in [-0.05, 0) is 64.0 Å². The van der Waals surface area contributed by atoms with Gasteiger partial charge in [0, 0.05) is 40.1 Å². The molecule has 1 N–H and O–H groups in total. The van der Waals surface area contributed by atoms with E-state index in [1.54, 1.807) is 0 Å². The van der Waals surface area contributed by atoms with Crippen LogP contribution in [0.1, 0.15) is 64.9 Å². The van der Waals surface area contributed by atoms with E-state index >= 15 is 0 Å². The van der Waals surface area contributed by atoms with Gasteiger partial charge in [-0.25, -0.2) is 14.5 Å². The number of alkyl carbamates (subject to hydrolysis) is 1. The summed E-state index contributed by atoms with van der Waals surface area (Å²) in [6, 6.07) is 10.8. The third-order valence-electron chi connectivity index (χ3n) is 8.31. The minimum absolute atomic E-state index is 0.00247. The molecular weight excluding hydrogens is 538 g/mol. The van der Waals surface area contributed by atoms with Crippen molar-refractivity contribution in [2.45, 2.75) is 115 Å². The first-order chi connectivity index (χ1) is 19.3. The second-order valence-corrected chi connectivity index (χ2v) is 19.8. The smallest absolute Gasteiger partial charge is 0.407 e. The predicted octanol–water partition coefficient (Wildman–Crippen LogP) is 5.76.